The highest BCUT2D eigenvalue weighted by molar-refractivity contribution is 9.10. The number of nitrogens with one attached hydrogen (secondary N) is 2. The van der Waals surface area contributed by atoms with Crippen molar-refractivity contribution in [1.82, 2.24) is 9.97 Å². The van der Waals surface area contributed by atoms with Crippen LogP contribution < -0.4 is 15.4 Å². The summed E-state index contributed by atoms with van der Waals surface area (Å²) in [5.41, 5.74) is 1.05. The van der Waals surface area contributed by atoms with Gasteiger partial charge in [-0.25, -0.2) is 14.4 Å². The maximum Gasteiger partial charge on any atom is 0.353 e. The molecule has 0 bridgehead atoms. The number of benzene rings is 2. The summed E-state index contributed by atoms with van der Waals surface area (Å²) in [6, 6.07) is 9.65. The van der Waals surface area contributed by atoms with Gasteiger partial charge < -0.3 is 15.4 Å². The average Bonchev–Trinajstić information content (AvgIpc) is 2.64. The topological polar surface area (TPSA) is 102 Å². The van der Waals surface area contributed by atoms with Crippen LogP contribution in [0, 0.1) is 22.9 Å². The Bertz CT molecular complexity index is 1050. The number of ether oxygens (including phenoxy) is 1. The van der Waals surface area contributed by atoms with E-state index in [4.69, 9.17) is 4.74 Å². The first-order valence-corrected chi connectivity index (χ1v) is 8.81. The molecule has 0 aliphatic rings. The van der Waals surface area contributed by atoms with Crippen LogP contribution in [0.4, 0.5) is 33.1 Å². The van der Waals surface area contributed by atoms with Crippen molar-refractivity contribution in [3.8, 4) is 5.75 Å². The molecule has 0 atom stereocenters. The van der Waals surface area contributed by atoms with Crippen molar-refractivity contribution in [2.24, 2.45) is 0 Å². The first kappa shape index (κ1) is 19.5. The third kappa shape index (κ3) is 4.17. The Morgan fingerprint density at radius 2 is 1.79 bits per heavy atom. The van der Waals surface area contributed by atoms with Crippen LogP contribution in [0.5, 0.6) is 5.75 Å². The third-order valence-corrected chi connectivity index (χ3v) is 4.29. The summed E-state index contributed by atoms with van der Waals surface area (Å²) >= 11 is 3.16. The van der Waals surface area contributed by atoms with E-state index in [2.05, 4.69) is 36.5 Å². The fourth-order valence-corrected chi connectivity index (χ4v) is 2.83. The smallest absolute Gasteiger partial charge is 0.353 e. The number of nitrogens with zero attached hydrogens (tertiary/aromatic N) is 3. The number of methoxy groups -OCH3 is 1. The van der Waals surface area contributed by atoms with Gasteiger partial charge in [-0.1, -0.05) is 22.0 Å². The molecule has 8 nitrogen and oxygen atoms in total. The second-order valence-electron chi connectivity index (χ2n) is 5.75. The van der Waals surface area contributed by atoms with Gasteiger partial charge in [-0.05, 0) is 42.8 Å². The first-order chi connectivity index (χ1) is 13.4. The SMILES string of the molecule is COc1ccc(C)cc1Nc1ncnc(Nc2ccc(Br)cc2F)c1[N+](=O)[O-]. The molecule has 0 unspecified atom stereocenters. The molecule has 0 radical (unpaired) electrons. The number of rotatable bonds is 6. The van der Waals surface area contributed by atoms with Gasteiger partial charge in [0.1, 0.15) is 17.9 Å². The van der Waals surface area contributed by atoms with Gasteiger partial charge in [0.2, 0.25) is 11.6 Å². The molecule has 10 heteroatoms. The molecule has 1 heterocycles. The molecule has 0 saturated carbocycles. The van der Waals surface area contributed by atoms with Gasteiger partial charge in [0, 0.05) is 4.47 Å². The highest BCUT2D eigenvalue weighted by atomic mass is 79.9. The molecule has 3 aromatic rings. The van der Waals surface area contributed by atoms with Crippen molar-refractivity contribution in [1.29, 1.82) is 0 Å². The summed E-state index contributed by atoms with van der Waals surface area (Å²) in [5.74, 6) is -0.289. The summed E-state index contributed by atoms with van der Waals surface area (Å²) in [5, 5.41) is 17.3. The monoisotopic (exact) mass is 447 g/mol. The van der Waals surface area contributed by atoms with Crippen LogP contribution in [-0.2, 0) is 0 Å². The fraction of sp³-hybridized carbons (Fsp3) is 0.111. The van der Waals surface area contributed by atoms with Crippen LogP contribution in [0.1, 0.15) is 5.56 Å². The van der Waals surface area contributed by atoms with Crippen LogP contribution in [0.15, 0.2) is 47.2 Å². The molecule has 0 spiro atoms. The summed E-state index contributed by atoms with van der Waals surface area (Å²) < 4.78 is 19.9. The number of nitro groups is 1. The van der Waals surface area contributed by atoms with E-state index in [0.717, 1.165) is 11.9 Å². The van der Waals surface area contributed by atoms with E-state index in [-0.39, 0.29) is 17.3 Å². The summed E-state index contributed by atoms with van der Waals surface area (Å²) in [6.07, 6.45) is 1.15. The Balaban J connectivity index is 2.03. The van der Waals surface area contributed by atoms with Gasteiger partial charge in [-0.15, -0.1) is 0 Å². The Morgan fingerprint density at radius 3 is 2.39 bits per heavy atom. The molecule has 28 heavy (non-hydrogen) atoms. The molecular formula is C18H15BrFN5O3. The molecule has 3 rings (SSSR count). The standard InChI is InChI=1S/C18H15BrFN5O3/c1-10-3-6-15(28-2)14(7-10)24-18-16(25(26)27)17(21-9-22-18)23-13-5-4-11(19)8-12(13)20/h3-9H,1-2H3,(H2,21,22,23,24). The predicted molar refractivity (Wildman–Crippen MR) is 107 cm³/mol. The second kappa shape index (κ2) is 8.17. The Hall–Kier alpha value is -3.27. The van der Waals surface area contributed by atoms with Crippen molar-refractivity contribution in [2.75, 3.05) is 17.7 Å². The Kier molecular flexibility index (Phi) is 5.69. The number of aromatic nitrogens is 2. The van der Waals surface area contributed by atoms with E-state index >= 15 is 0 Å². The second-order valence-corrected chi connectivity index (χ2v) is 6.67. The maximum absolute atomic E-state index is 14.1. The largest absolute Gasteiger partial charge is 0.495 e. The van der Waals surface area contributed by atoms with Gasteiger partial charge in [0.15, 0.2) is 0 Å². The summed E-state index contributed by atoms with van der Waals surface area (Å²) in [6.45, 7) is 1.88. The van der Waals surface area contributed by atoms with E-state index in [1.54, 1.807) is 18.2 Å². The van der Waals surface area contributed by atoms with Gasteiger partial charge in [-0.3, -0.25) is 10.1 Å². The van der Waals surface area contributed by atoms with E-state index in [1.165, 1.54) is 19.2 Å². The van der Waals surface area contributed by atoms with Crippen LogP contribution in [0.2, 0.25) is 0 Å². The highest BCUT2D eigenvalue weighted by Crippen LogP contribution is 2.36. The summed E-state index contributed by atoms with van der Waals surface area (Å²) in [4.78, 5) is 18.9. The summed E-state index contributed by atoms with van der Waals surface area (Å²) in [7, 11) is 1.49. The molecule has 0 amide bonds. The zero-order valence-electron chi connectivity index (χ0n) is 14.9. The van der Waals surface area contributed by atoms with E-state index in [9.17, 15) is 14.5 Å². The lowest BCUT2D eigenvalue weighted by Crippen LogP contribution is -2.06. The number of halogens is 2. The zero-order chi connectivity index (χ0) is 20.3. The molecule has 0 aliphatic carbocycles. The molecule has 144 valence electrons. The number of hydrogen-bond donors (Lipinski definition) is 2. The van der Waals surface area contributed by atoms with E-state index < -0.39 is 16.4 Å². The van der Waals surface area contributed by atoms with Gasteiger partial charge in [0.25, 0.3) is 0 Å². The predicted octanol–water partition coefficient (Wildman–Crippen LogP) is 5.09. The van der Waals surface area contributed by atoms with Crippen molar-refractivity contribution in [2.45, 2.75) is 6.92 Å². The molecule has 2 N–H and O–H groups in total. The van der Waals surface area contributed by atoms with E-state index in [1.807, 2.05) is 13.0 Å². The minimum absolute atomic E-state index is 0.0455. The average molecular weight is 448 g/mol. The van der Waals surface area contributed by atoms with E-state index in [0.29, 0.717) is 15.9 Å². The number of anilines is 4. The number of hydrogen-bond acceptors (Lipinski definition) is 7. The van der Waals surface area contributed by atoms with Gasteiger partial charge >= 0.3 is 5.69 Å². The highest BCUT2D eigenvalue weighted by Gasteiger charge is 2.24. The zero-order valence-corrected chi connectivity index (χ0v) is 16.4. The quantitative estimate of drug-likeness (QED) is 0.400. The molecule has 0 aliphatic heterocycles. The van der Waals surface area contributed by atoms with Crippen LogP contribution in [-0.4, -0.2) is 22.0 Å². The lowest BCUT2D eigenvalue weighted by atomic mass is 10.2. The lowest BCUT2D eigenvalue weighted by molar-refractivity contribution is -0.383. The van der Waals surface area contributed by atoms with Crippen molar-refractivity contribution >= 4 is 44.6 Å². The van der Waals surface area contributed by atoms with Gasteiger partial charge in [0.05, 0.1) is 23.4 Å². The lowest BCUT2D eigenvalue weighted by Gasteiger charge is -2.13. The Labute approximate surface area is 168 Å². The van der Waals surface area contributed by atoms with Crippen molar-refractivity contribution < 1.29 is 14.1 Å². The van der Waals surface area contributed by atoms with Crippen molar-refractivity contribution in [3.63, 3.8) is 0 Å². The normalized spacial score (nSPS) is 10.4. The van der Waals surface area contributed by atoms with Crippen LogP contribution in [0.25, 0.3) is 0 Å². The molecule has 0 saturated heterocycles. The van der Waals surface area contributed by atoms with Crippen LogP contribution >= 0.6 is 15.9 Å². The minimum atomic E-state index is -0.635. The molecule has 1 aromatic heterocycles. The first-order valence-electron chi connectivity index (χ1n) is 8.02. The Morgan fingerprint density at radius 1 is 1.11 bits per heavy atom. The van der Waals surface area contributed by atoms with Gasteiger partial charge in [-0.2, -0.15) is 0 Å². The minimum Gasteiger partial charge on any atom is -0.495 e. The molecule has 0 fully saturated rings. The van der Waals surface area contributed by atoms with Crippen molar-refractivity contribution in [3.05, 3.63) is 68.7 Å². The molecular weight excluding hydrogens is 433 g/mol. The third-order valence-electron chi connectivity index (χ3n) is 3.80. The van der Waals surface area contributed by atoms with Crippen LogP contribution in [0.3, 0.4) is 0 Å². The maximum atomic E-state index is 14.1. The fourth-order valence-electron chi connectivity index (χ4n) is 2.50. The number of aryl methyl sites for hydroxylation is 1. The molecule has 2 aromatic carbocycles.